The summed E-state index contributed by atoms with van der Waals surface area (Å²) in [7, 11) is 4.22. The summed E-state index contributed by atoms with van der Waals surface area (Å²) in [6.07, 6.45) is 3.90. The van der Waals surface area contributed by atoms with Crippen LogP contribution >= 0.6 is 0 Å². The van der Waals surface area contributed by atoms with E-state index in [1.165, 1.54) is 0 Å². The molecule has 0 aromatic carbocycles. The van der Waals surface area contributed by atoms with E-state index in [4.69, 9.17) is 0 Å². The van der Waals surface area contributed by atoms with Crippen molar-refractivity contribution in [2.75, 3.05) is 50.5 Å². The lowest BCUT2D eigenvalue weighted by molar-refractivity contribution is 0.400. The molecule has 114 valence electrons. The molecule has 0 spiro atoms. The molecule has 1 aromatic heterocycles. The standard InChI is InChI=1S/C15H29N5/c1-6-9-16-14-13(3)15(18-12-17-14)20(7-2)11-8-10-19(4)5/h12H,6-11H2,1-5H3,(H,16,17,18). The summed E-state index contributed by atoms with van der Waals surface area (Å²) in [4.78, 5) is 13.4. The Kier molecular flexibility index (Phi) is 7.30. The molecule has 5 nitrogen and oxygen atoms in total. The van der Waals surface area contributed by atoms with E-state index in [-0.39, 0.29) is 0 Å². The number of hydrogen-bond acceptors (Lipinski definition) is 5. The van der Waals surface area contributed by atoms with Crippen LogP contribution in [0.4, 0.5) is 11.6 Å². The van der Waals surface area contributed by atoms with Gasteiger partial charge in [0.05, 0.1) is 0 Å². The molecule has 1 N–H and O–H groups in total. The molecule has 1 rings (SSSR count). The predicted octanol–water partition coefficient (Wildman–Crippen LogP) is 2.38. The zero-order valence-corrected chi connectivity index (χ0v) is 13.6. The third kappa shape index (κ3) is 4.96. The van der Waals surface area contributed by atoms with E-state index in [9.17, 15) is 0 Å². The zero-order chi connectivity index (χ0) is 15.0. The Morgan fingerprint density at radius 2 is 1.90 bits per heavy atom. The highest BCUT2D eigenvalue weighted by molar-refractivity contribution is 5.57. The van der Waals surface area contributed by atoms with Gasteiger partial charge in [0.15, 0.2) is 0 Å². The number of anilines is 2. The number of aromatic nitrogens is 2. The van der Waals surface area contributed by atoms with Crippen LogP contribution in [-0.4, -0.2) is 55.1 Å². The molecule has 0 atom stereocenters. The topological polar surface area (TPSA) is 44.3 Å². The van der Waals surface area contributed by atoms with Crippen molar-refractivity contribution in [2.24, 2.45) is 0 Å². The molecule has 0 aliphatic heterocycles. The molecule has 0 fully saturated rings. The highest BCUT2D eigenvalue weighted by atomic mass is 15.2. The van der Waals surface area contributed by atoms with Gasteiger partial charge in [0.25, 0.3) is 0 Å². The van der Waals surface area contributed by atoms with Crippen LogP contribution in [0.25, 0.3) is 0 Å². The van der Waals surface area contributed by atoms with Crippen LogP contribution < -0.4 is 10.2 Å². The minimum absolute atomic E-state index is 0.948. The predicted molar refractivity (Wildman–Crippen MR) is 86.6 cm³/mol. The minimum atomic E-state index is 0.948. The summed E-state index contributed by atoms with van der Waals surface area (Å²) in [5.41, 5.74) is 1.15. The molecule has 5 heteroatoms. The lowest BCUT2D eigenvalue weighted by Crippen LogP contribution is -2.28. The second-order valence-electron chi connectivity index (χ2n) is 5.33. The van der Waals surface area contributed by atoms with E-state index in [2.05, 4.69) is 60.0 Å². The first-order chi connectivity index (χ1) is 9.60. The average Bonchev–Trinajstić information content (AvgIpc) is 2.43. The van der Waals surface area contributed by atoms with Gasteiger partial charge in [0.1, 0.15) is 18.0 Å². The van der Waals surface area contributed by atoms with Crippen LogP contribution in [0.15, 0.2) is 6.33 Å². The molecule has 0 saturated heterocycles. The fourth-order valence-electron chi connectivity index (χ4n) is 2.17. The largest absolute Gasteiger partial charge is 0.370 e. The monoisotopic (exact) mass is 279 g/mol. The first kappa shape index (κ1) is 16.7. The normalized spacial score (nSPS) is 10.9. The van der Waals surface area contributed by atoms with E-state index in [0.29, 0.717) is 0 Å². The van der Waals surface area contributed by atoms with Crippen LogP contribution in [0.5, 0.6) is 0 Å². The van der Waals surface area contributed by atoms with E-state index in [1.807, 2.05) is 0 Å². The van der Waals surface area contributed by atoms with Gasteiger partial charge in [0, 0.05) is 25.2 Å². The van der Waals surface area contributed by atoms with Crippen molar-refractivity contribution in [1.29, 1.82) is 0 Å². The average molecular weight is 279 g/mol. The highest BCUT2D eigenvalue weighted by Crippen LogP contribution is 2.22. The van der Waals surface area contributed by atoms with Gasteiger partial charge in [-0.05, 0) is 47.3 Å². The molecule has 0 aliphatic carbocycles. The van der Waals surface area contributed by atoms with Gasteiger partial charge in [-0.2, -0.15) is 0 Å². The van der Waals surface area contributed by atoms with Gasteiger partial charge in [0.2, 0.25) is 0 Å². The van der Waals surface area contributed by atoms with Crippen LogP contribution in [0.3, 0.4) is 0 Å². The lowest BCUT2D eigenvalue weighted by atomic mass is 10.2. The van der Waals surface area contributed by atoms with Crippen molar-refractivity contribution in [3.05, 3.63) is 11.9 Å². The SMILES string of the molecule is CCCNc1ncnc(N(CC)CCCN(C)C)c1C. The molecule has 20 heavy (non-hydrogen) atoms. The van der Waals surface area contributed by atoms with Crippen molar-refractivity contribution >= 4 is 11.6 Å². The summed E-state index contributed by atoms with van der Waals surface area (Å²) in [5.74, 6) is 2.02. The Morgan fingerprint density at radius 1 is 1.15 bits per heavy atom. The summed E-state index contributed by atoms with van der Waals surface area (Å²) in [6.45, 7) is 10.5. The molecule has 1 heterocycles. The van der Waals surface area contributed by atoms with Gasteiger partial charge >= 0.3 is 0 Å². The smallest absolute Gasteiger partial charge is 0.137 e. The summed E-state index contributed by atoms with van der Waals surface area (Å²) in [6, 6.07) is 0. The maximum Gasteiger partial charge on any atom is 0.137 e. The van der Waals surface area contributed by atoms with E-state index in [0.717, 1.165) is 56.2 Å². The van der Waals surface area contributed by atoms with Gasteiger partial charge in [-0.25, -0.2) is 9.97 Å². The number of rotatable bonds is 9. The van der Waals surface area contributed by atoms with Gasteiger partial charge < -0.3 is 15.1 Å². The molecular formula is C15H29N5. The van der Waals surface area contributed by atoms with Crippen LogP contribution in [0.1, 0.15) is 32.3 Å². The first-order valence-electron chi connectivity index (χ1n) is 7.55. The van der Waals surface area contributed by atoms with Crippen molar-refractivity contribution in [3.63, 3.8) is 0 Å². The second-order valence-corrected chi connectivity index (χ2v) is 5.33. The molecule has 0 saturated carbocycles. The maximum absolute atomic E-state index is 4.48. The second kappa shape index (κ2) is 8.74. The Hall–Kier alpha value is -1.36. The summed E-state index contributed by atoms with van der Waals surface area (Å²) >= 11 is 0. The third-order valence-electron chi connectivity index (χ3n) is 3.31. The molecule has 1 aromatic rings. The number of nitrogens with one attached hydrogen (secondary N) is 1. The van der Waals surface area contributed by atoms with Gasteiger partial charge in [-0.15, -0.1) is 0 Å². The van der Waals surface area contributed by atoms with Crippen LogP contribution in [0, 0.1) is 6.92 Å². The molecule has 0 unspecified atom stereocenters. The van der Waals surface area contributed by atoms with E-state index in [1.54, 1.807) is 6.33 Å². The Labute approximate surface area is 123 Å². The quantitative estimate of drug-likeness (QED) is 0.752. The zero-order valence-electron chi connectivity index (χ0n) is 13.6. The molecular weight excluding hydrogens is 250 g/mol. The minimum Gasteiger partial charge on any atom is -0.370 e. The first-order valence-corrected chi connectivity index (χ1v) is 7.55. The van der Waals surface area contributed by atoms with Crippen molar-refractivity contribution in [1.82, 2.24) is 14.9 Å². The van der Waals surface area contributed by atoms with Crippen LogP contribution in [0.2, 0.25) is 0 Å². The van der Waals surface area contributed by atoms with Crippen LogP contribution in [-0.2, 0) is 0 Å². The Balaban J connectivity index is 2.75. The fraction of sp³-hybridized carbons (Fsp3) is 0.733. The number of nitrogens with zero attached hydrogens (tertiary/aromatic N) is 4. The summed E-state index contributed by atoms with van der Waals surface area (Å²) < 4.78 is 0. The maximum atomic E-state index is 4.48. The Bertz CT molecular complexity index is 392. The van der Waals surface area contributed by atoms with E-state index >= 15 is 0 Å². The summed E-state index contributed by atoms with van der Waals surface area (Å²) in [5, 5.41) is 3.37. The lowest BCUT2D eigenvalue weighted by Gasteiger charge is -2.25. The van der Waals surface area contributed by atoms with E-state index < -0.39 is 0 Å². The Morgan fingerprint density at radius 3 is 2.50 bits per heavy atom. The highest BCUT2D eigenvalue weighted by Gasteiger charge is 2.12. The molecule has 0 radical (unpaired) electrons. The van der Waals surface area contributed by atoms with Gasteiger partial charge in [-0.3, -0.25) is 0 Å². The fourth-order valence-corrected chi connectivity index (χ4v) is 2.17. The van der Waals surface area contributed by atoms with Crippen molar-refractivity contribution < 1.29 is 0 Å². The van der Waals surface area contributed by atoms with Gasteiger partial charge in [-0.1, -0.05) is 6.92 Å². The van der Waals surface area contributed by atoms with Crippen molar-refractivity contribution in [2.45, 2.75) is 33.6 Å². The van der Waals surface area contributed by atoms with Crippen molar-refractivity contribution in [3.8, 4) is 0 Å². The molecule has 0 aliphatic rings. The number of hydrogen-bond donors (Lipinski definition) is 1. The third-order valence-corrected chi connectivity index (χ3v) is 3.31. The molecule has 0 amide bonds. The molecule has 0 bridgehead atoms.